The molecule has 82 valence electrons. The number of rotatable bonds is 4. The van der Waals surface area contributed by atoms with E-state index >= 15 is 0 Å². The Bertz CT molecular complexity index is 366. The first-order valence-corrected chi connectivity index (χ1v) is 6.07. The third-order valence-electron chi connectivity index (χ3n) is 2.04. The molecule has 0 aliphatic rings. The van der Waals surface area contributed by atoms with E-state index in [1.54, 1.807) is 6.07 Å². The Morgan fingerprint density at radius 1 is 1.47 bits per heavy atom. The number of nitrogens with one attached hydrogen (secondary N) is 1. The molecule has 0 fully saturated rings. The molecule has 1 N–H and O–H groups in total. The highest BCUT2D eigenvalue weighted by molar-refractivity contribution is 9.11. The van der Waals surface area contributed by atoms with Crippen molar-refractivity contribution in [2.24, 2.45) is 0 Å². The number of halogens is 3. The maximum absolute atomic E-state index is 5.93. The average Bonchev–Trinajstić information content (AvgIpc) is 2.18. The van der Waals surface area contributed by atoms with Gasteiger partial charge in [-0.15, -0.1) is 0 Å². The first-order valence-electron chi connectivity index (χ1n) is 4.52. The van der Waals surface area contributed by atoms with Gasteiger partial charge in [0.25, 0.3) is 0 Å². The Morgan fingerprint density at radius 2 is 2.13 bits per heavy atom. The van der Waals surface area contributed by atoms with Gasteiger partial charge in [-0.2, -0.15) is 0 Å². The summed E-state index contributed by atoms with van der Waals surface area (Å²) in [4.78, 5) is 0. The van der Waals surface area contributed by atoms with Gasteiger partial charge in [-0.3, -0.25) is 0 Å². The van der Waals surface area contributed by atoms with E-state index in [2.05, 4.69) is 34.7 Å². The highest BCUT2D eigenvalue weighted by atomic mass is 79.9. The lowest BCUT2D eigenvalue weighted by atomic mass is 10.1. The zero-order valence-corrected chi connectivity index (χ0v) is 11.5. The van der Waals surface area contributed by atoms with Crippen LogP contribution >= 0.6 is 39.1 Å². The Kier molecular flexibility index (Phi) is 5.13. The van der Waals surface area contributed by atoms with Gasteiger partial charge in [-0.25, -0.2) is 0 Å². The van der Waals surface area contributed by atoms with Crippen LogP contribution in [0, 0.1) is 0 Å². The van der Waals surface area contributed by atoms with E-state index in [-0.39, 0.29) is 6.04 Å². The van der Waals surface area contributed by atoms with Crippen molar-refractivity contribution in [3.8, 4) is 0 Å². The van der Waals surface area contributed by atoms with Gasteiger partial charge in [0, 0.05) is 17.1 Å². The summed E-state index contributed by atoms with van der Waals surface area (Å²) < 4.78 is 0.925. The summed E-state index contributed by atoms with van der Waals surface area (Å²) in [6.07, 6.45) is 0. The molecule has 0 heterocycles. The van der Waals surface area contributed by atoms with Crippen LogP contribution in [0.2, 0.25) is 10.0 Å². The van der Waals surface area contributed by atoms with Crippen molar-refractivity contribution in [3.63, 3.8) is 0 Å². The van der Waals surface area contributed by atoms with Crippen molar-refractivity contribution in [1.82, 2.24) is 5.32 Å². The van der Waals surface area contributed by atoms with Crippen molar-refractivity contribution in [2.75, 3.05) is 6.54 Å². The largest absolute Gasteiger partial charge is 0.306 e. The lowest BCUT2D eigenvalue weighted by molar-refractivity contribution is 0.616. The summed E-state index contributed by atoms with van der Waals surface area (Å²) in [5.74, 6) is 0. The molecule has 0 spiro atoms. The maximum Gasteiger partial charge on any atom is 0.0595 e. The zero-order chi connectivity index (χ0) is 11.4. The topological polar surface area (TPSA) is 12.0 Å². The first kappa shape index (κ1) is 13.0. The summed E-state index contributed by atoms with van der Waals surface area (Å²) >= 11 is 15.1. The van der Waals surface area contributed by atoms with Crippen LogP contribution in [-0.2, 0) is 0 Å². The summed E-state index contributed by atoms with van der Waals surface area (Å²) in [6.45, 7) is 6.55. The molecule has 0 aliphatic heterocycles. The minimum absolute atomic E-state index is 0.217. The minimum Gasteiger partial charge on any atom is -0.306 e. The van der Waals surface area contributed by atoms with Gasteiger partial charge in [0.15, 0.2) is 0 Å². The second-order valence-corrected chi connectivity index (χ2v) is 5.23. The number of hydrogen-bond donors (Lipinski definition) is 1. The van der Waals surface area contributed by atoms with Gasteiger partial charge in [-0.05, 0) is 24.6 Å². The van der Waals surface area contributed by atoms with Crippen molar-refractivity contribution in [3.05, 3.63) is 44.9 Å². The van der Waals surface area contributed by atoms with E-state index in [0.717, 1.165) is 16.6 Å². The Balaban J connectivity index is 2.69. The molecule has 0 radical (unpaired) electrons. The molecule has 1 unspecified atom stereocenters. The van der Waals surface area contributed by atoms with Crippen LogP contribution in [-0.4, -0.2) is 6.54 Å². The SMILES string of the molecule is C=C(Br)CNC(C)c1ccc(Cl)c(Cl)c1. The van der Waals surface area contributed by atoms with Crippen LogP contribution in [0.4, 0.5) is 0 Å². The second-order valence-electron chi connectivity index (χ2n) is 3.29. The smallest absolute Gasteiger partial charge is 0.0595 e. The van der Waals surface area contributed by atoms with Crippen LogP contribution in [0.25, 0.3) is 0 Å². The molecule has 0 saturated heterocycles. The van der Waals surface area contributed by atoms with E-state index in [1.165, 1.54) is 0 Å². The molecule has 15 heavy (non-hydrogen) atoms. The fourth-order valence-electron chi connectivity index (χ4n) is 1.16. The molecule has 1 rings (SSSR count). The van der Waals surface area contributed by atoms with Gasteiger partial charge < -0.3 is 5.32 Å². The predicted octanol–water partition coefficient (Wildman–Crippen LogP) is 4.55. The van der Waals surface area contributed by atoms with Crippen molar-refractivity contribution >= 4 is 39.1 Å². The molecule has 1 nitrogen and oxygen atoms in total. The van der Waals surface area contributed by atoms with Crippen LogP contribution in [0.15, 0.2) is 29.3 Å². The monoisotopic (exact) mass is 307 g/mol. The van der Waals surface area contributed by atoms with Crippen molar-refractivity contribution < 1.29 is 0 Å². The number of benzene rings is 1. The first-order chi connectivity index (χ1) is 7.00. The summed E-state index contributed by atoms with van der Waals surface area (Å²) in [7, 11) is 0. The fourth-order valence-corrected chi connectivity index (χ4v) is 1.63. The molecule has 0 aromatic heterocycles. The zero-order valence-electron chi connectivity index (χ0n) is 8.36. The molecule has 0 aliphatic carbocycles. The van der Waals surface area contributed by atoms with Crippen LogP contribution in [0.3, 0.4) is 0 Å². The van der Waals surface area contributed by atoms with Crippen LogP contribution < -0.4 is 5.32 Å². The van der Waals surface area contributed by atoms with Crippen molar-refractivity contribution in [2.45, 2.75) is 13.0 Å². The van der Waals surface area contributed by atoms with E-state index in [9.17, 15) is 0 Å². The van der Waals surface area contributed by atoms with Gasteiger partial charge in [0.05, 0.1) is 10.0 Å². The predicted molar refractivity (Wildman–Crippen MR) is 70.9 cm³/mol. The second kappa shape index (κ2) is 5.90. The van der Waals surface area contributed by atoms with E-state index in [1.807, 2.05) is 12.1 Å². The molecular weight excluding hydrogens is 297 g/mol. The quantitative estimate of drug-likeness (QED) is 0.860. The fraction of sp³-hybridized carbons (Fsp3) is 0.273. The van der Waals surface area contributed by atoms with E-state index < -0.39 is 0 Å². The molecule has 1 aromatic rings. The molecule has 1 atom stereocenters. The lowest BCUT2D eigenvalue weighted by Crippen LogP contribution is -2.19. The molecule has 1 aromatic carbocycles. The molecule has 0 bridgehead atoms. The summed E-state index contributed by atoms with van der Waals surface area (Å²) in [6, 6.07) is 5.86. The molecule has 0 saturated carbocycles. The van der Waals surface area contributed by atoms with Gasteiger partial charge in [0.1, 0.15) is 0 Å². The Hall–Kier alpha value is -0.0200. The van der Waals surface area contributed by atoms with Crippen LogP contribution in [0.1, 0.15) is 18.5 Å². The highest BCUT2D eigenvalue weighted by Crippen LogP contribution is 2.25. The normalized spacial score (nSPS) is 12.5. The third-order valence-corrected chi connectivity index (χ3v) is 3.06. The van der Waals surface area contributed by atoms with E-state index in [0.29, 0.717) is 10.0 Å². The third kappa shape index (κ3) is 4.15. The summed E-state index contributed by atoms with van der Waals surface area (Å²) in [5, 5.41) is 4.46. The van der Waals surface area contributed by atoms with Gasteiger partial charge in [0.2, 0.25) is 0 Å². The molecular formula is C11H12BrCl2N. The summed E-state index contributed by atoms with van der Waals surface area (Å²) in [5.41, 5.74) is 1.11. The number of hydrogen-bond acceptors (Lipinski definition) is 1. The molecule has 4 heteroatoms. The van der Waals surface area contributed by atoms with Gasteiger partial charge in [-0.1, -0.05) is 51.8 Å². The standard InChI is InChI=1S/C11H12BrCl2N/c1-7(12)6-15-8(2)9-3-4-10(13)11(14)5-9/h3-5,8,15H,1,6H2,2H3. The van der Waals surface area contributed by atoms with E-state index in [4.69, 9.17) is 23.2 Å². The Labute approximate surface area is 109 Å². The van der Waals surface area contributed by atoms with Gasteiger partial charge >= 0.3 is 0 Å². The molecule has 0 amide bonds. The minimum atomic E-state index is 0.217. The Morgan fingerprint density at radius 3 is 2.67 bits per heavy atom. The highest BCUT2D eigenvalue weighted by Gasteiger charge is 2.06. The van der Waals surface area contributed by atoms with Crippen LogP contribution in [0.5, 0.6) is 0 Å². The lowest BCUT2D eigenvalue weighted by Gasteiger charge is -2.14. The average molecular weight is 309 g/mol. The maximum atomic E-state index is 5.93. The van der Waals surface area contributed by atoms with Crippen molar-refractivity contribution in [1.29, 1.82) is 0 Å².